The van der Waals surface area contributed by atoms with Crippen molar-refractivity contribution in [2.75, 3.05) is 9.80 Å². The Hall–Kier alpha value is -5.62. The van der Waals surface area contributed by atoms with E-state index in [-0.39, 0.29) is 10.8 Å². The second-order valence-corrected chi connectivity index (χ2v) is 14.2. The molecule has 238 valence electrons. The quantitative estimate of drug-likeness (QED) is 0.171. The van der Waals surface area contributed by atoms with E-state index >= 15 is 0 Å². The molecule has 0 aliphatic heterocycles. The number of rotatable bonds is 6. The van der Waals surface area contributed by atoms with Gasteiger partial charge in [0.1, 0.15) is 11.6 Å². The molecule has 0 bridgehead atoms. The van der Waals surface area contributed by atoms with Crippen molar-refractivity contribution in [2.45, 2.75) is 52.4 Å². The molecule has 48 heavy (non-hydrogen) atoms. The highest BCUT2D eigenvalue weighted by Crippen LogP contribution is 2.47. The van der Waals surface area contributed by atoms with Gasteiger partial charge < -0.3 is 0 Å². The number of hydrogen-bond acceptors (Lipinski definition) is 6. The van der Waals surface area contributed by atoms with E-state index in [0.29, 0.717) is 0 Å². The average Bonchev–Trinajstić information content (AvgIpc) is 3.08. The van der Waals surface area contributed by atoms with Crippen molar-refractivity contribution < 1.29 is 0 Å². The maximum atomic E-state index is 4.76. The van der Waals surface area contributed by atoms with E-state index in [9.17, 15) is 0 Å². The third-order valence-electron chi connectivity index (χ3n) is 8.70. The Labute approximate surface area is 282 Å². The number of aromatic nitrogens is 4. The first-order chi connectivity index (χ1) is 23.1. The molecule has 0 aliphatic rings. The Bertz CT molecular complexity index is 1950. The van der Waals surface area contributed by atoms with E-state index in [1.807, 2.05) is 97.8 Å². The van der Waals surface area contributed by atoms with Crippen LogP contribution in [0.15, 0.2) is 134 Å². The third kappa shape index (κ3) is 5.75. The Balaban J connectivity index is 1.54. The molecule has 0 saturated carbocycles. The third-order valence-corrected chi connectivity index (χ3v) is 8.70. The first kappa shape index (κ1) is 31.0. The summed E-state index contributed by atoms with van der Waals surface area (Å²) in [6.07, 6.45) is 11.0. The molecular formula is C42H40N6. The Morgan fingerprint density at radius 2 is 0.792 bits per heavy atom. The zero-order valence-electron chi connectivity index (χ0n) is 28.4. The number of benzene rings is 3. The van der Waals surface area contributed by atoms with Crippen LogP contribution in [-0.4, -0.2) is 19.9 Å². The van der Waals surface area contributed by atoms with Crippen LogP contribution in [0.1, 0.15) is 52.7 Å². The molecule has 6 nitrogen and oxygen atoms in total. The predicted octanol–water partition coefficient (Wildman–Crippen LogP) is 11.1. The normalized spacial score (nSPS) is 12.0. The van der Waals surface area contributed by atoms with Crippen LogP contribution in [-0.2, 0) is 10.8 Å². The molecule has 6 heteroatoms. The molecule has 7 aromatic rings. The van der Waals surface area contributed by atoms with Gasteiger partial charge in [0.15, 0.2) is 0 Å². The molecule has 0 radical (unpaired) electrons. The molecule has 0 saturated heterocycles. The summed E-state index contributed by atoms with van der Waals surface area (Å²) in [6, 6.07) is 34.0. The van der Waals surface area contributed by atoms with Crippen molar-refractivity contribution in [1.82, 2.24) is 19.9 Å². The van der Waals surface area contributed by atoms with Crippen LogP contribution in [0, 0.1) is 0 Å². The van der Waals surface area contributed by atoms with Gasteiger partial charge in [-0.05, 0) is 116 Å². The fourth-order valence-corrected chi connectivity index (χ4v) is 6.88. The number of hydrogen-bond donors (Lipinski definition) is 0. The van der Waals surface area contributed by atoms with Crippen molar-refractivity contribution in [3.8, 4) is 0 Å². The van der Waals surface area contributed by atoms with Crippen LogP contribution in [0.25, 0.3) is 21.5 Å². The Kier molecular flexibility index (Phi) is 7.88. The molecule has 0 amide bonds. The lowest BCUT2D eigenvalue weighted by Crippen LogP contribution is -2.19. The maximum Gasteiger partial charge on any atom is 0.137 e. The minimum Gasteiger partial charge on any atom is -0.295 e. The lowest BCUT2D eigenvalue weighted by Gasteiger charge is -2.32. The van der Waals surface area contributed by atoms with Crippen molar-refractivity contribution >= 4 is 55.9 Å². The summed E-state index contributed by atoms with van der Waals surface area (Å²) in [5, 5.41) is 5.00. The first-order valence-electron chi connectivity index (χ1n) is 16.4. The molecule has 0 unspecified atom stereocenters. The summed E-state index contributed by atoms with van der Waals surface area (Å²) in [5.41, 5.74) is 6.45. The molecule has 0 N–H and O–H groups in total. The second-order valence-electron chi connectivity index (χ2n) is 14.2. The Morgan fingerprint density at radius 1 is 0.396 bits per heavy atom. The average molecular weight is 629 g/mol. The highest BCUT2D eigenvalue weighted by Gasteiger charge is 2.29. The predicted molar refractivity (Wildman–Crippen MR) is 199 cm³/mol. The zero-order chi connectivity index (χ0) is 33.5. The lowest BCUT2D eigenvalue weighted by atomic mass is 9.74. The highest BCUT2D eigenvalue weighted by atomic mass is 15.2. The van der Waals surface area contributed by atoms with Crippen molar-refractivity contribution in [2.24, 2.45) is 0 Å². The number of pyridine rings is 4. The van der Waals surface area contributed by atoms with Crippen molar-refractivity contribution in [3.05, 3.63) is 145 Å². The minimum atomic E-state index is -0.147. The van der Waals surface area contributed by atoms with E-state index in [1.54, 1.807) is 0 Å². The molecule has 4 heterocycles. The summed E-state index contributed by atoms with van der Waals surface area (Å²) in [5.74, 6) is 1.71. The minimum absolute atomic E-state index is 0.147. The van der Waals surface area contributed by atoms with Crippen LogP contribution in [0.5, 0.6) is 0 Å². The lowest BCUT2D eigenvalue weighted by molar-refractivity contribution is 0.593. The van der Waals surface area contributed by atoms with Gasteiger partial charge in [-0.25, -0.2) is 9.97 Å². The number of nitrogens with zero attached hydrogens (tertiary/aromatic N) is 6. The van der Waals surface area contributed by atoms with Gasteiger partial charge >= 0.3 is 0 Å². The summed E-state index contributed by atoms with van der Waals surface area (Å²) in [6.45, 7) is 13.9. The summed E-state index contributed by atoms with van der Waals surface area (Å²) in [4.78, 5) is 22.5. The molecule has 7 rings (SSSR count). The maximum absolute atomic E-state index is 4.76. The largest absolute Gasteiger partial charge is 0.295 e. The zero-order valence-corrected chi connectivity index (χ0v) is 28.4. The van der Waals surface area contributed by atoms with Gasteiger partial charge in [-0.2, -0.15) is 0 Å². The van der Waals surface area contributed by atoms with E-state index in [1.165, 1.54) is 32.7 Å². The second kappa shape index (κ2) is 12.2. The van der Waals surface area contributed by atoms with Crippen molar-refractivity contribution in [3.63, 3.8) is 0 Å². The van der Waals surface area contributed by atoms with Crippen LogP contribution in [0.2, 0.25) is 0 Å². The first-order valence-corrected chi connectivity index (χ1v) is 16.4. The van der Waals surface area contributed by atoms with E-state index in [4.69, 9.17) is 9.97 Å². The molecule has 0 fully saturated rings. The molecule has 3 aromatic carbocycles. The monoisotopic (exact) mass is 628 g/mol. The summed E-state index contributed by atoms with van der Waals surface area (Å²) < 4.78 is 0. The number of fused-ring (bicyclic) bond motifs is 2. The van der Waals surface area contributed by atoms with Crippen LogP contribution >= 0.6 is 0 Å². The molecule has 0 aliphatic carbocycles. The van der Waals surface area contributed by atoms with Gasteiger partial charge in [0.05, 0.1) is 11.4 Å². The SMILES string of the molecule is CC(C)(C)c1c2ccc(N(c3ccncc3)c3ccccn3)cc2c(C(C)(C)C)c2ccc(N(c3ccncc3)c3ccccn3)cc12. The van der Waals surface area contributed by atoms with Crippen LogP contribution < -0.4 is 9.80 Å². The highest BCUT2D eigenvalue weighted by molar-refractivity contribution is 6.09. The fraction of sp³-hybridized carbons (Fsp3) is 0.190. The van der Waals surface area contributed by atoms with Gasteiger partial charge in [0.2, 0.25) is 0 Å². The summed E-state index contributed by atoms with van der Waals surface area (Å²) in [7, 11) is 0. The number of anilines is 6. The van der Waals surface area contributed by atoms with Gasteiger partial charge in [-0.1, -0.05) is 65.8 Å². The fourth-order valence-electron chi connectivity index (χ4n) is 6.88. The van der Waals surface area contributed by atoms with Crippen LogP contribution in [0.3, 0.4) is 0 Å². The van der Waals surface area contributed by atoms with E-state index in [0.717, 1.165) is 34.4 Å². The smallest absolute Gasteiger partial charge is 0.137 e. The molecule has 0 spiro atoms. The molecule has 4 aromatic heterocycles. The van der Waals surface area contributed by atoms with Crippen molar-refractivity contribution in [1.29, 1.82) is 0 Å². The van der Waals surface area contributed by atoms with E-state index < -0.39 is 0 Å². The summed E-state index contributed by atoms with van der Waals surface area (Å²) >= 11 is 0. The molecule has 0 atom stereocenters. The Morgan fingerprint density at radius 3 is 1.12 bits per heavy atom. The molecular weight excluding hydrogens is 589 g/mol. The van der Waals surface area contributed by atoms with Gasteiger partial charge in [-0.15, -0.1) is 0 Å². The van der Waals surface area contributed by atoms with Gasteiger partial charge in [0, 0.05) is 48.6 Å². The van der Waals surface area contributed by atoms with E-state index in [2.05, 4.69) is 97.7 Å². The van der Waals surface area contributed by atoms with Gasteiger partial charge in [-0.3, -0.25) is 19.8 Å². The van der Waals surface area contributed by atoms with Gasteiger partial charge in [0.25, 0.3) is 0 Å². The topological polar surface area (TPSA) is 58.0 Å². The van der Waals surface area contributed by atoms with Crippen LogP contribution in [0.4, 0.5) is 34.4 Å². The standard InChI is InChI=1S/C42H40N6/c1-41(2,3)39-33-15-13-32(48(30-19-25-44-26-20-30)38-12-8-10-22-46-38)28-36(33)40(42(4,5)6)34-16-14-31(27-35(34)39)47(29-17-23-43-24-18-29)37-11-7-9-21-45-37/h7-28H,1-6H3.